The first kappa shape index (κ1) is 22.1. The minimum absolute atomic E-state index is 0.0902. The number of fused-ring (bicyclic) bond motifs is 5. The van der Waals surface area contributed by atoms with E-state index in [9.17, 15) is 9.90 Å². The molecule has 0 saturated heterocycles. The Kier molecular flexibility index (Phi) is 5.73. The van der Waals surface area contributed by atoms with Crippen LogP contribution in [0.3, 0.4) is 0 Å². The van der Waals surface area contributed by atoms with Gasteiger partial charge < -0.3 is 5.11 Å². The maximum absolute atomic E-state index is 13.6. The molecule has 1 N–H and O–H groups in total. The molecule has 32 heavy (non-hydrogen) atoms. The van der Waals surface area contributed by atoms with E-state index in [-0.39, 0.29) is 11.3 Å². The third kappa shape index (κ3) is 3.83. The van der Waals surface area contributed by atoms with Crippen LogP contribution in [0, 0.1) is 52.3 Å². The van der Waals surface area contributed by atoms with Gasteiger partial charge >= 0.3 is 0 Å². The summed E-state index contributed by atoms with van der Waals surface area (Å²) in [6.07, 6.45) is 16.0. The summed E-state index contributed by atoms with van der Waals surface area (Å²) in [6, 6.07) is 2.11. The molecule has 0 amide bonds. The van der Waals surface area contributed by atoms with Crippen molar-refractivity contribution in [3.8, 4) is 6.07 Å². The van der Waals surface area contributed by atoms with Gasteiger partial charge in [0.25, 0.3) is 0 Å². The van der Waals surface area contributed by atoms with Gasteiger partial charge in [0.2, 0.25) is 0 Å². The highest BCUT2D eigenvalue weighted by atomic mass is 16.3. The average molecular weight is 438 g/mol. The second-order valence-electron chi connectivity index (χ2n) is 12.1. The van der Waals surface area contributed by atoms with Crippen molar-refractivity contribution in [2.24, 2.45) is 40.9 Å². The molecule has 5 rings (SSSR count). The van der Waals surface area contributed by atoms with Crippen molar-refractivity contribution >= 4 is 5.78 Å². The van der Waals surface area contributed by atoms with Gasteiger partial charge in [-0.3, -0.25) is 9.48 Å². The molecule has 0 aromatic carbocycles. The Labute approximate surface area is 192 Å². The number of nitriles is 1. The molecular weight excluding hydrogens is 398 g/mol. The largest absolute Gasteiger partial charge is 0.390 e. The number of ketones is 1. The Morgan fingerprint density at radius 2 is 1.91 bits per heavy atom. The maximum atomic E-state index is 13.6. The minimum atomic E-state index is -0.463. The Morgan fingerprint density at radius 3 is 2.69 bits per heavy atom. The van der Waals surface area contributed by atoms with Gasteiger partial charge in [-0.05, 0) is 99.7 Å². The van der Waals surface area contributed by atoms with E-state index in [1.165, 1.54) is 38.5 Å². The van der Waals surface area contributed by atoms with Crippen molar-refractivity contribution in [1.82, 2.24) is 9.78 Å². The number of nitrogens with zero attached hydrogens (tertiary/aromatic N) is 3. The molecule has 4 aliphatic rings. The lowest BCUT2D eigenvalue weighted by Gasteiger charge is -2.58. The summed E-state index contributed by atoms with van der Waals surface area (Å²) in [5.74, 6) is 4.09. The number of carbonyl (C=O) groups is 1. The first-order chi connectivity index (χ1) is 15.3. The number of aliphatic hydroxyl groups is 1. The molecule has 0 bridgehead atoms. The second kappa shape index (κ2) is 8.28. The molecule has 0 unspecified atom stereocenters. The summed E-state index contributed by atoms with van der Waals surface area (Å²) in [7, 11) is 0. The third-order valence-corrected chi connectivity index (χ3v) is 10.2. The highest BCUT2D eigenvalue weighted by Gasteiger charge is 2.56. The lowest BCUT2D eigenvalue weighted by Crippen LogP contribution is -2.53. The van der Waals surface area contributed by atoms with E-state index in [1.807, 2.05) is 6.92 Å². The van der Waals surface area contributed by atoms with E-state index in [0.29, 0.717) is 29.7 Å². The molecule has 1 aromatic rings. The third-order valence-electron chi connectivity index (χ3n) is 10.2. The highest BCUT2D eigenvalue weighted by Crippen LogP contribution is 2.62. The van der Waals surface area contributed by atoms with Crippen LogP contribution in [-0.4, -0.2) is 26.3 Å². The van der Waals surface area contributed by atoms with Crippen LogP contribution in [0.4, 0.5) is 0 Å². The smallest absolute Gasteiger partial charge is 0.157 e. The molecule has 0 radical (unpaired) electrons. The van der Waals surface area contributed by atoms with Crippen LogP contribution in [0.15, 0.2) is 12.4 Å². The zero-order valence-electron chi connectivity index (χ0n) is 19.8. The van der Waals surface area contributed by atoms with Crippen molar-refractivity contribution in [1.29, 1.82) is 5.26 Å². The van der Waals surface area contributed by atoms with Crippen LogP contribution < -0.4 is 0 Å². The molecule has 4 fully saturated rings. The van der Waals surface area contributed by atoms with Gasteiger partial charge in [0.05, 0.1) is 23.9 Å². The van der Waals surface area contributed by atoms with Crippen molar-refractivity contribution in [3.63, 3.8) is 0 Å². The fraction of sp³-hybridized carbons (Fsp3) is 0.815. The van der Waals surface area contributed by atoms with Crippen molar-refractivity contribution < 1.29 is 9.90 Å². The van der Waals surface area contributed by atoms with Crippen molar-refractivity contribution in [3.05, 3.63) is 18.0 Å². The zero-order chi connectivity index (χ0) is 22.5. The SMILES string of the molecule is C[C@@]1(O)CC[C@H]2[C@H](CC[C@@H]3[C@@H]2CC[C@]2(C)[C@H](C(=O)Cn4cc(C#N)cn4)CCCC[C@@H]32)C1. The van der Waals surface area contributed by atoms with Gasteiger partial charge in [-0.1, -0.05) is 19.8 Å². The molecule has 4 aliphatic carbocycles. The lowest BCUT2D eigenvalue weighted by molar-refractivity contribution is -0.140. The molecule has 5 heteroatoms. The monoisotopic (exact) mass is 437 g/mol. The number of carbonyl (C=O) groups excluding carboxylic acids is 1. The summed E-state index contributed by atoms with van der Waals surface area (Å²) in [6.45, 7) is 4.76. The van der Waals surface area contributed by atoms with Gasteiger partial charge in [0.15, 0.2) is 5.78 Å². The Morgan fingerprint density at radius 1 is 1.12 bits per heavy atom. The zero-order valence-corrected chi connectivity index (χ0v) is 19.8. The fourth-order valence-corrected chi connectivity index (χ4v) is 8.75. The van der Waals surface area contributed by atoms with Gasteiger partial charge in [0.1, 0.15) is 6.07 Å². The van der Waals surface area contributed by atoms with E-state index in [0.717, 1.165) is 49.9 Å². The van der Waals surface area contributed by atoms with Crippen LogP contribution in [0.5, 0.6) is 0 Å². The summed E-state index contributed by atoms with van der Waals surface area (Å²) in [4.78, 5) is 13.6. The summed E-state index contributed by atoms with van der Waals surface area (Å²) >= 11 is 0. The predicted molar refractivity (Wildman–Crippen MR) is 122 cm³/mol. The van der Waals surface area contributed by atoms with Gasteiger partial charge in [-0.15, -0.1) is 0 Å². The topological polar surface area (TPSA) is 78.9 Å². The molecule has 174 valence electrons. The van der Waals surface area contributed by atoms with E-state index >= 15 is 0 Å². The van der Waals surface area contributed by atoms with Crippen molar-refractivity contribution in [2.75, 3.05) is 0 Å². The molecule has 4 saturated carbocycles. The van der Waals surface area contributed by atoms with Gasteiger partial charge in [-0.2, -0.15) is 10.4 Å². The van der Waals surface area contributed by atoms with Crippen molar-refractivity contribution in [2.45, 2.75) is 96.6 Å². The Hall–Kier alpha value is -1.67. The van der Waals surface area contributed by atoms with Crippen LogP contribution in [0.1, 0.15) is 90.0 Å². The summed E-state index contributed by atoms with van der Waals surface area (Å²) in [5, 5.41) is 24.0. The number of aromatic nitrogens is 2. The van der Waals surface area contributed by atoms with Crippen LogP contribution in [-0.2, 0) is 11.3 Å². The lowest BCUT2D eigenvalue weighted by atomic mass is 9.46. The molecule has 8 atom stereocenters. The van der Waals surface area contributed by atoms with E-state index in [4.69, 9.17) is 5.26 Å². The Balaban J connectivity index is 1.36. The molecule has 1 aromatic heterocycles. The average Bonchev–Trinajstić information content (AvgIpc) is 3.12. The first-order valence-electron chi connectivity index (χ1n) is 13.0. The fourth-order valence-electron chi connectivity index (χ4n) is 8.75. The molecule has 0 spiro atoms. The number of hydrogen-bond donors (Lipinski definition) is 1. The first-order valence-corrected chi connectivity index (χ1v) is 13.0. The number of Topliss-reactive ketones (excluding diaryl/α,β-unsaturated/α-hetero) is 1. The van der Waals surface area contributed by atoms with E-state index in [1.54, 1.807) is 17.1 Å². The molecule has 1 heterocycles. The normalized spacial score (nSPS) is 43.8. The number of hydrogen-bond acceptors (Lipinski definition) is 4. The van der Waals surface area contributed by atoms with Crippen LogP contribution in [0.25, 0.3) is 0 Å². The van der Waals surface area contributed by atoms with Gasteiger partial charge in [-0.25, -0.2) is 0 Å². The van der Waals surface area contributed by atoms with E-state index < -0.39 is 5.60 Å². The van der Waals surface area contributed by atoms with Crippen LogP contribution >= 0.6 is 0 Å². The number of rotatable bonds is 3. The van der Waals surface area contributed by atoms with Crippen LogP contribution in [0.2, 0.25) is 0 Å². The van der Waals surface area contributed by atoms with Gasteiger partial charge in [0, 0.05) is 12.1 Å². The summed E-state index contributed by atoms with van der Waals surface area (Å²) < 4.78 is 1.66. The molecular formula is C27H39N3O2. The molecule has 5 nitrogen and oxygen atoms in total. The molecule has 0 aliphatic heterocycles. The standard InChI is InChI=1S/C27H39N3O2/c1-26(32)11-9-20-19(13-26)7-8-22-21(20)10-12-27(2)23(22)5-3-4-6-24(27)25(31)17-30-16-18(14-28)15-29-30/h15-16,19-24,32H,3-13,17H2,1-2H3/t19-,20+,21-,22-,23+,24+,26-,27+/m1/s1. The quantitative estimate of drug-likeness (QED) is 0.711. The highest BCUT2D eigenvalue weighted by molar-refractivity contribution is 5.81. The predicted octanol–water partition coefficient (Wildman–Crippen LogP) is 5.12. The Bertz CT molecular complexity index is 899. The maximum Gasteiger partial charge on any atom is 0.157 e. The second-order valence-corrected chi connectivity index (χ2v) is 12.1. The van der Waals surface area contributed by atoms with E-state index in [2.05, 4.69) is 18.1 Å². The minimum Gasteiger partial charge on any atom is -0.390 e. The summed E-state index contributed by atoms with van der Waals surface area (Å²) in [5.41, 5.74) is 0.147.